The van der Waals surface area contributed by atoms with Crippen molar-refractivity contribution in [3.05, 3.63) is 36.7 Å². The number of nitrogens with zero attached hydrogens (tertiary/aromatic N) is 1. The van der Waals surface area contributed by atoms with E-state index in [1.54, 1.807) is 6.20 Å². The lowest BCUT2D eigenvalue weighted by molar-refractivity contribution is 1.33. The molecule has 0 unspecified atom stereocenters. The van der Waals surface area contributed by atoms with Crippen LogP contribution in [0.2, 0.25) is 0 Å². The zero-order chi connectivity index (χ0) is 7.68. The largest absolute Gasteiger partial charge is 0.346 e. The third-order valence-electron chi connectivity index (χ3n) is 1.70. The second kappa shape index (κ2) is 2.23. The van der Waals surface area contributed by atoms with E-state index in [0.29, 0.717) is 0 Å². The van der Waals surface area contributed by atoms with Crippen molar-refractivity contribution in [2.45, 2.75) is 0 Å². The van der Waals surface area contributed by atoms with E-state index in [2.05, 4.69) is 16.5 Å². The Hall–Kier alpha value is -1.57. The van der Waals surface area contributed by atoms with Gasteiger partial charge in [0.2, 0.25) is 0 Å². The summed E-state index contributed by atoms with van der Waals surface area (Å²) >= 11 is 0. The van der Waals surface area contributed by atoms with E-state index in [-0.39, 0.29) is 0 Å². The van der Waals surface area contributed by atoms with Crippen LogP contribution in [-0.2, 0) is 0 Å². The van der Waals surface area contributed by atoms with Crippen molar-refractivity contribution in [3.63, 3.8) is 0 Å². The Bertz CT molecular complexity index is 387. The molecule has 11 heavy (non-hydrogen) atoms. The maximum Gasteiger partial charge on any atom is 0.137 e. The predicted molar refractivity (Wildman–Crippen MR) is 46.2 cm³/mol. The Kier molecular flexibility index (Phi) is 1.25. The molecule has 0 aliphatic rings. The number of nitrogens with one attached hydrogen (secondary N) is 1. The first kappa shape index (κ1) is 6.16. The van der Waals surface area contributed by atoms with E-state index >= 15 is 0 Å². The number of H-pyrrole nitrogens is 1. The highest BCUT2D eigenvalue weighted by Gasteiger charge is 1.97. The predicted octanol–water partition coefficient (Wildman–Crippen LogP) is 2.21. The first-order valence-corrected chi connectivity index (χ1v) is 3.46. The molecule has 0 saturated carbocycles. The SMILES string of the molecule is C=Cc1c[nH]c2ncccc12. The molecular formula is C9H8N2. The zero-order valence-electron chi connectivity index (χ0n) is 6.04. The van der Waals surface area contributed by atoms with Gasteiger partial charge >= 0.3 is 0 Å². The minimum absolute atomic E-state index is 0.919. The number of hydrogen-bond acceptors (Lipinski definition) is 1. The fraction of sp³-hybridized carbons (Fsp3) is 0. The molecule has 0 aliphatic carbocycles. The molecule has 2 heterocycles. The van der Waals surface area contributed by atoms with Crippen LogP contribution in [0.4, 0.5) is 0 Å². The van der Waals surface area contributed by atoms with Gasteiger partial charge in [0.15, 0.2) is 0 Å². The van der Waals surface area contributed by atoms with Gasteiger partial charge in [0.25, 0.3) is 0 Å². The number of hydrogen-bond donors (Lipinski definition) is 1. The lowest BCUT2D eigenvalue weighted by Crippen LogP contribution is -1.72. The summed E-state index contributed by atoms with van der Waals surface area (Å²) in [5, 5.41) is 1.13. The van der Waals surface area contributed by atoms with E-state index in [1.807, 2.05) is 24.4 Å². The van der Waals surface area contributed by atoms with E-state index in [9.17, 15) is 0 Å². The van der Waals surface area contributed by atoms with Gasteiger partial charge in [-0.1, -0.05) is 12.7 Å². The van der Waals surface area contributed by atoms with Crippen molar-refractivity contribution in [2.75, 3.05) is 0 Å². The van der Waals surface area contributed by atoms with Gasteiger partial charge in [0, 0.05) is 23.3 Å². The molecule has 1 N–H and O–H groups in total. The summed E-state index contributed by atoms with van der Waals surface area (Å²) in [7, 11) is 0. The van der Waals surface area contributed by atoms with E-state index in [1.165, 1.54) is 0 Å². The minimum Gasteiger partial charge on any atom is -0.346 e. The summed E-state index contributed by atoms with van der Waals surface area (Å²) < 4.78 is 0. The molecule has 0 bridgehead atoms. The van der Waals surface area contributed by atoms with Crippen molar-refractivity contribution in [1.29, 1.82) is 0 Å². The Morgan fingerprint density at radius 1 is 1.55 bits per heavy atom. The molecule has 2 nitrogen and oxygen atoms in total. The molecular weight excluding hydrogens is 136 g/mol. The molecule has 2 heteroatoms. The highest BCUT2D eigenvalue weighted by Crippen LogP contribution is 2.15. The van der Waals surface area contributed by atoms with Crippen LogP contribution in [0, 0.1) is 0 Å². The third kappa shape index (κ3) is 0.835. The Labute approximate surface area is 64.6 Å². The third-order valence-corrected chi connectivity index (χ3v) is 1.70. The van der Waals surface area contributed by atoms with Gasteiger partial charge < -0.3 is 4.98 Å². The second-order valence-corrected chi connectivity index (χ2v) is 2.35. The van der Waals surface area contributed by atoms with Crippen LogP contribution in [0.1, 0.15) is 5.56 Å². The minimum atomic E-state index is 0.919. The van der Waals surface area contributed by atoms with Gasteiger partial charge in [0.1, 0.15) is 5.65 Å². The molecule has 54 valence electrons. The average Bonchev–Trinajstić information content (AvgIpc) is 2.47. The fourth-order valence-corrected chi connectivity index (χ4v) is 1.15. The molecule has 0 saturated heterocycles. The fourth-order valence-electron chi connectivity index (χ4n) is 1.15. The number of rotatable bonds is 1. The Morgan fingerprint density at radius 2 is 2.45 bits per heavy atom. The number of pyridine rings is 1. The lowest BCUT2D eigenvalue weighted by Gasteiger charge is -1.87. The summed E-state index contributed by atoms with van der Waals surface area (Å²) in [6.07, 6.45) is 5.50. The summed E-state index contributed by atoms with van der Waals surface area (Å²) in [6.45, 7) is 3.71. The van der Waals surface area contributed by atoms with Crippen LogP contribution in [0.5, 0.6) is 0 Å². The van der Waals surface area contributed by atoms with E-state index in [0.717, 1.165) is 16.6 Å². The Balaban J connectivity index is 2.86. The van der Waals surface area contributed by atoms with Gasteiger partial charge in [-0.2, -0.15) is 0 Å². The van der Waals surface area contributed by atoms with E-state index < -0.39 is 0 Å². The van der Waals surface area contributed by atoms with Crippen LogP contribution in [0.3, 0.4) is 0 Å². The first-order chi connectivity index (χ1) is 5.42. The number of fused-ring (bicyclic) bond motifs is 1. The standard InChI is InChI=1S/C9H8N2/c1-2-7-6-11-9-8(7)4-3-5-10-9/h2-6H,1H2,(H,10,11). The summed E-state index contributed by atoms with van der Waals surface area (Å²) in [4.78, 5) is 7.20. The molecule has 2 rings (SSSR count). The molecule has 0 spiro atoms. The monoisotopic (exact) mass is 144 g/mol. The molecule has 0 atom stereocenters. The number of aromatic nitrogens is 2. The smallest absolute Gasteiger partial charge is 0.137 e. The van der Waals surface area contributed by atoms with Crippen LogP contribution >= 0.6 is 0 Å². The molecule has 0 radical (unpaired) electrons. The topological polar surface area (TPSA) is 28.7 Å². The molecule has 2 aromatic rings. The van der Waals surface area contributed by atoms with Crippen LogP contribution in [0.15, 0.2) is 31.1 Å². The molecule has 0 fully saturated rings. The molecule has 0 aliphatic heterocycles. The van der Waals surface area contributed by atoms with Crippen LogP contribution in [-0.4, -0.2) is 9.97 Å². The second-order valence-electron chi connectivity index (χ2n) is 2.35. The van der Waals surface area contributed by atoms with Crippen LogP contribution < -0.4 is 0 Å². The van der Waals surface area contributed by atoms with Crippen molar-refractivity contribution in [1.82, 2.24) is 9.97 Å². The van der Waals surface area contributed by atoms with Crippen molar-refractivity contribution in [2.24, 2.45) is 0 Å². The van der Waals surface area contributed by atoms with Crippen LogP contribution in [0.25, 0.3) is 17.1 Å². The highest BCUT2D eigenvalue weighted by molar-refractivity contribution is 5.85. The van der Waals surface area contributed by atoms with E-state index in [4.69, 9.17) is 0 Å². The van der Waals surface area contributed by atoms with Gasteiger partial charge in [-0.3, -0.25) is 0 Å². The Morgan fingerprint density at radius 3 is 3.27 bits per heavy atom. The summed E-state index contributed by atoms with van der Waals surface area (Å²) in [6, 6.07) is 3.94. The maximum atomic E-state index is 4.15. The average molecular weight is 144 g/mol. The van der Waals surface area contributed by atoms with Gasteiger partial charge in [-0.15, -0.1) is 0 Å². The zero-order valence-corrected chi connectivity index (χ0v) is 6.04. The van der Waals surface area contributed by atoms with Crippen molar-refractivity contribution in [3.8, 4) is 0 Å². The first-order valence-electron chi connectivity index (χ1n) is 3.46. The normalized spacial score (nSPS) is 10.2. The van der Waals surface area contributed by atoms with Gasteiger partial charge in [-0.25, -0.2) is 4.98 Å². The highest BCUT2D eigenvalue weighted by atomic mass is 14.8. The lowest BCUT2D eigenvalue weighted by atomic mass is 10.2. The van der Waals surface area contributed by atoms with Gasteiger partial charge in [0.05, 0.1) is 0 Å². The summed E-state index contributed by atoms with van der Waals surface area (Å²) in [5.74, 6) is 0. The molecule has 0 amide bonds. The summed E-state index contributed by atoms with van der Waals surface area (Å²) in [5.41, 5.74) is 2.02. The number of aromatic amines is 1. The van der Waals surface area contributed by atoms with Crippen molar-refractivity contribution >= 4 is 17.1 Å². The van der Waals surface area contributed by atoms with Crippen molar-refractivity contribution < 1.29 is 0 Å². The molecule has 0 aromatic carbocycles. The molecule has 2 aromatic heterocycles. The maximum absolute atomic E-state index is 4.15. The van der Waals surface area contributed by atoms with Gasteiger partial charge in [-0.05, 0) is 12.1 Å². The quantitative estimate of drug-likeness (QED) is 0.653.